The average Bonchev–Trinajstić information content (AvgIpc) is 3.20. The summed E-state index contributed by atoms with van der Waals surface area (Å²) < 4.78 is 33.3. The molecule has 0 atom stereocenters. The monoisotopic (exact) mass is 374 g/mol. The molecule has 10 heteroatoms. The number of hydrogen-bond acceptors (Lipinski definition) is 6. The van der Waals surface area contributed by atoms with Crippen molar-refractivity contribution in [2.24, 2.45) is 7.05 Å². The van der Waals surface area contributed by atoms with Crippen molar-refractivity contribution in [1.82, 2.24) is 13.9 Å². The molecule has 3 heterocycles. The van der Waals surface area contributed by atoms with E-state index in [0.717, 1.165) is 4.31 Å². The number of carbonyl (C=O) groups is 1. The van der Waals surface area contributed by atoms with Gasteiger partial charge in [-0.2, -0.15) is 0 Å². The first kappa shape index (κ1) is 16.2. The standard InChI is InChI=1S/C16H14N4O5S/c1-19-10-6-4-3-5-9(10)14-11(19)13(21)12(20(2)26(14,23)24)15(22)18-16-17-7-8-25-16/h3-8,21H,1-2H3,(H,17,18,22). The number of amides is 1. The summed E-state index contributed by atoms with van der Waals surface area (Å²) in [6, 6.07) is 6.77. The summed E-state index contributed by atoms with van der Waals surface area (Å²) in [5, 5.41) is 13.5. The lowest BCUT2D eigenvalue weighted by molar-refractivity contribution is -0.113. The van der Waals surface area contributed by atoms with Gasteiger partial charge in [0.2, 0.25) is 0 Å². The molecule has 9 nitrogen and oxygen atoms in total. The largest absolute Gasteiger partial charge is 0.504 e. The Morgan fingerprint density at radius 1 is 1.27 bits per heavy atom. The van der Waals surface area contributed by atoms with Gasteiger partial charge in [-0.3, -0.25) is 14.4 Å². The molecular formula is C16H14N4O5S. The summed E-state index contributed by atoms with van der Waals surface area (Å²) in [6.45, 7) is 0. The molecule has 1 aliphatic rings. The molecule has 0 aliphatic carbocycles. The predicted molar refractivity (Wildman–Crippen MR) is 92.5 cm³/mol. The molecule has 0 unspecified atom stereocenters. The smallest absolute Gasteiger partial charge is 0.301 e. The number of aliphatic hydroxyl groups excluding tert-OH is 1. The van der Waals surface area contributed by atoms with Crippen LogP contribution in [0.2, 0.25) is 0 Å². The van der Waals surface area contributed by atoms with E-state index in [-0.39, 0.29) is 16.6 Å². The highest BCUT2D eigenvalue weighted by Gasteiger charge is 2.41. The topological polar surface area (TPSA) is 118 Å². The molecular weight excluding hydrogens is 360 g/mol. The Bertz CT molecular complexity index is 1170. The third-order valence-corrected chi connectivity index (χ3v) is 6.14. The number of oxazole rings is 1. The fourth-order valence-corrected chi connectivity index (χ4v) is 4.71. The van der Waals surface area contributed by atoms with Crippen LogP contribution in [0.1, 0.15) is 5.69 Å². The Morgan fingerprint density at radius 3 is 2.69 bits per heavy atom. The number of nitrogens with one attached hydrogen (secondary N) is 1. The summed E-state index contributed by atoms with van der Waals surface area (Å²) in [6.07, 6.45) is 2.58. The van der Waals surface area contributed by atoms with E-state index in [2.05, 4.69) is 10.3 Å². The fraction of sp³-hybridized carbons (Fsp3) is 0.125. The van der Waals surface area contributed by atoms with Gasteiger partial charge in [0, 0.05) is 25.0 Å². The Morgan fingerprint density at radius 2 is 2.00 bits per heavy atom. The number of nitrogens with zero attached hydrogens (tertiary/aromatic N) is 3. The maximum Gasteiger partial charge on any atom is 0.301 e. The number of anilines is 1. The van der Waals surface area contributed by atoms with Crippen molar-refractivity contribution < 1.29 is 22.7 Å². The molecule has 4 rings (SSSR count). The number of aromatic nitrogens is 2. The SMILES string of the molecule is CN1C(C(=O)Nc2ncco2)=C(O)c2c(c3ccccc3n2C)S1(=O)=O. The van der Waals surface area contributed by atoms with Crippen molar-refractivity contribution >= 4 is 38.6 Å². The van der Waals surface area contributed by atoms with Crippen LogP contribution >= 0.6 is 0 Å². The highest BCUT2D eigenvalue weighted by Crippen LogP contribution is 2.40. The van der Waals surface area contributed by atoms with Crippen LogP contribution in [0.15, 0.2) is 51.7 Å². The van der Waals surface area contributed by atoms with Gasteiger partial charge in [-0.05, 0) is 6.07 Å². The van der Waals surface area contributed by atoms with E-state index in [1.54, 1.807) is 35.9 Å². The van der Waals surface area contributed by atoms with Crippen molar-refractivity contribution in [2.45, 2.75) is 4.90 Å². The molecule has 2 N–H and O–H groups in total. The number of sulfonamides is 1. The first-order valence-electron chi connectivity index (χ1n) is 7.55. The minimum atomic E-state index is -4.05. The lowest BCUT2D eigenvalue weighted by atomic mass is 10.2. The van der Waals surface area contributed by atoms with E-state index in [9.17, 15) is 18.3 Å². The summed E-state index contributed by atoms with van der Waals surface area (Å²) in [4.78, 5) is 16.3. The molecule has 3 aromatic rings. The lowest BCUT2D eigenvalue weighted by Gasteiger charge is -2.27. The molecule has 1 aromatic carbocycles. The maximum absolute atomic E-state index is 13.0. The number of aliphatic hydroxyl groups is 1. The van der Waals surface area contributed by atoms with Gasteiger partial charge in [0.1, 0.15) is 16.9 Å². The zero-order valence-corrected chi connectivity index (χ0v) is 14.6. The van der Waals surface area contributed by atoms with Crippen LogP contribution < -0.4 is 5.32 Å². The summed E-state index contributed by atoms with van der Waals surface area (Å²) >= 11 is 0. The van der Waals surface area contributed by atoms with Gasteiger partial charge in [-0.25, -0.2) is 13.4 Å². The Labute approximate surface area is 148 Å². The number of rotatable bonds is 2. The Balaban J connectivity index is 1.98. The third kappa shape index (κ3) is 2.05. The second kappa shape index (κ2) is 5.36. The van der Waals surface area contributed by atoms with Gasteiger partial charge in [-0.1, -0.05) is 18.2 Å². The van der Waals surface area contributed by atoms with Crippen LogP contribution in [0.4, 0.5) is 6.01 Å². The van der Waals surface area contributed by atoms with Gasteiger partial charge < -0.3 is 14.1 Å². The van der Waals surface area contributed by atoms with Crippen molar-refractivity contribution in [3.05, 3.63) is 48.1 Å². The van der Waals surface area contributed by atoms with Gasteiger partial charge in [0.05, 0.1) is 6.20 Å². The number of likely N-dealkylation sites (N-methyl/N-ethyl adjacent to an activating group) is 1. The van der Waals surface area contributed by atoms with Crippen LogP contribution in [-0.2, 0) is 21.9 Å². The van der Waals surface area contributed by atoms with E-state index in [1.807, 2.05) is 0 Å². The van der Waals surface area contributed by atoms with Gasteiger partial charge in [0.25, 0.3) is 15.9 Å². The van der Waals surface area contributed by atoms with E-state index >= 15 is 0 Å². The molecule has 0 fully saturated rings. The Kier molecular flexibility index (Phi) is 3.34. The highest BCUT2D eigenvalue weighted by molar-refractivity contribution is 7.89. The molecule has 0 bridgehead atoms. The van der Waals surface area contributed by atoms with Crippen LogP contribution in [0.25, 0.3) is 16.7 Å². The molecule has 0 saturated heterocycles. The summed E-state index contributed by atoms with van der Waals surface area (Å²) in [7, 11) is -1.21. The molecule has 134 valence electrons. The summed E-state index contributed by atoms with van der Waals surface area (Å²) in [5.41, 5.74) is 0.263. The zero-order valence-electron chi connectivity index (χ0n) is 13.8. The van der Waals surface area contributed by atoms with Crippen LogP contribution in [0.3, 0.4) is 0 Å². The molecule has 0 saturated carbocycles. The van der Waals surface area contributed by atoms with E-state index in [4.69, 9.17) is 4.42 Å². The Hall–Kier alpha value is -3.27. The number of benzene rings is 1. The second-order valence-electron chi connectivity index (χ2n) is 5.72. The fourth-order valence-electron chi connectivity index (χ4n) is 3.10. The molecule has 0 spiro atoms. The molecule has 1 aliphatic heterocycles. The molecule has 2 aromatic heterocycles. The van der Waals surface area contributed by atoms with Crippen LogP contribution in [0, 0.1) is 0 Å². The van der Waals surface area contributed by atoms with Crippen molar-refractivity contribution in [3.63, 3.8) is 0 Å². The van der Waals surface area contributed by atoms with E-state index < -0.39 is 27.4 Å². The number of fused-ring (bicyclic) bond motifs is 3. The zero-order chi connectivity index (χ0) is 18.6. The van der Waals surface area contributed by atoms with Crippen LogP contribution in [-0.4, -0.2) is 40.3 Å². The first-order chi connectivity index (χ1) is 12.3. The minimum absolute atomic E-state index is 0.0386. The third-order valence-electron chi connectivity index (χ3n) is 4.31. The number of carbonyl (C=O) groups excluding carboxylic acids is 1. The quantitative estimate of drug-likeness (QED) is 0.704. The lowest BCUT2D eigenvalue weighted by Crippen LogP contribution is -2.37. The van der Waals surface area contributed by atoms with Gasteiger partial charge in [-0.15, -0.1) is 0 Å². The van der Waals surface area contributed by atoms with Gasteiger partial charge in [0.15, 0.2) is 11.5 Å². The number of para-hydroxylation sites is 1. The van der Waals surface area contributed by atoms with E-state index in [0.29, 0.717) is 10.9 Å². The minimum Gasteiger partial charge on any atom is -0.504 e. The highest BCUT2D eigenvalue weighted by atomic mass is 32.2. The first-order valence-corrected chi connectivity index (χ1v) is 8.99. The normalized spacial score (nSPS) is 16.0. The average molecular weight is 374 g/mol. The molecule has 0 radical (unpaired) electrons. The predicted octanol–water partition coefficient (Wildman–Crippen LogP) is 1.67. The molecule has 1 amide bonds. The van der Waals surface area contributed by atoms with Crippen LogP contribution in [0.5, 0.6) is 0 Å². The van der Waals surface area contributed by atoms with Crippen molar-refractivity contribution in [3.8, 4) is 0 Å². The van der Waals surface area contributed by atoms with Crippen molar-refractivity contribution in [1.29, 1.82) is 0 Å². The van der Waals surface area contributed by atoms with E-state index in [1.165, 1.54) is 19.5 Å². The molecule has 26 heavy (non-hydrogen) atoms. The van der Waals surface area contributed by atoms with Gasteiger partial charge >= 0.3 is 6.01 Å². The maximum atomic E-state index is 13.0. The summed E-state index contributed by atoms with van der Waals surface area (Å²) in [5.74, 6) is -1.30. The number of hydrogen-bond donors (Lipinski definition) is 2. The number of aryl methyl sites for hydroxylation is 1. The van der Waals surface area contributed by atoms with Crippen molar-refractivity contribution in [2.75, 3.05) is 12.4 Å². The second-order valence-corrected chi connectivity index (χ2v) is 7.62.